The first-order valence-electron chi connectivity index (χ1n) is 5.02. The van der Waals surface area contributed by atoms with Crippen molar-refractivity contribution in [2.75, 3.05) is 20.2 Å². The lowest BCUT2D eigenvalue weighted by Gasteiger charge is -2.12. The quantitative estimate of drug-likeness (QED) is 0.667. The van der Waals surface area contributed by atoms with E-state index in [2.05, 4.69) is 0 Å². The van der Waals surface area contributed by atoms with Crippen LogP contribution >= 0.6 is 0 Å². The number of nitrogens with zero attached hydrogens (tertiary/aromatic N) is 1. The van der Waals surface area contributed by atoms with Gasteiger partial charge in [0.25, 0.3) is 5.91 Å². The Morgan fingerprint density at radius 1 is 1.53 bits per heavy atom. The smallest absolute Gasteiger partial charge is 0.475 e. The summed E-state index contributed by atoms with van der Waals surface area (Å²) in [7, 11) is 1.42. The number of hydrogen-bond acceptors (Lipinski definition) is 5. The predicted molar refractivity (Wildman–Crippen MR) is 54.9 cm³/mol. The Balaban J connectivity index is 0.000000399. The molecule has 0 aromatic heterocycles. The van der Waals surface area contributed by atoms with Crippen LogP contribution in [-0.4, -0.2) is 60.3 Å². The molecule has 0 aliphatic carbocycles. The molecule has 7 nitrogen and oxygen atoms in total. The largest absolute Gasteiger partial charge is 0.490 e. The number of alkyl halides is 3. The minimum absolute atomic E-state index is 0.148. The number of hydrogen-bond donors (Lipinski definition) is 2. The molecule has 0 spiro atoms. The number of carboxylic acids is 1. The number of aliphatic carboxylic acids is 1. The normalized spacial score (nSPS) is 19.2. The predicted octanol–water partition coefficient (Wildman–Crippen LogP) is -0.648. The summed E-state index contributed by atoms with van der Waals surface area (Å²) in [4.78, 5) is 32.4. The van der Waals surface area contributed by atoms with Crippen LogP contribution in [0.2, 0.25) is 0 Å². The second-order valence-electron chi connectivity index (χ2n) is 3.40. The van der Waals surface area contributed by atoms with Crippen molar-refractivity contribution in [1.82, 2.24) is 4.90 Å². The Bertz CT molecular complexity index is 358. The summed E-state index contributed by atoms with van der Waals surface area (Å²) in [5.74, 6) is -3.22. The molecule has 110 valence electrons. The number of methoxy groups -OCH3 is 1. The number of carbonyl (C=O) groups excluding carboxylic acids is 2. The minimum atomic E-state index is -5.08. The van der Waals surface area contributed by atoms with E-state index in [1.165, 1.54) is 7.11 Å². The lowest BCUT2D eigenvalue weighted by atomic mass is 10.3. The van der Waals surface area contributed by atoms with Gasteiger partial charge in [-0.15, -0.1) is 0 Å². The Labute approximate surface area is 106 Å². The summed E-state index contributed by atoms with van der Waals surface area (Å²) in [5.41, 5.74) is 5.23. The van der Waals surface area contributed by atoms with Gasteiger partial charge in [0.05, 0.1) is 6.42 Å². The molecule has 1 heterocycles. The Kier molecular flexibility index (Phi) is 6.42. The maximum atomic E-state index is 11.3. The Morgan fingerprint density at radius 2 is 2.00 bits per heavy atom. The van der Waals surface area contributed by atoms with Crippen LogP contribution < -0.4 is 5.73 Å². The molecular weight excluding hydrogens is 273 g/mol. The maximum absolute atomic E-state index is 11.3. The van der Waals surface area contributed by atoms with Gasteiger partial charge >= 0.3 is 12.1 Å². The van der Waals surface area contributed by atoms with E-state index >= 15 is 0 Å². The van der Waals surface area contributed by atoms with Crippen molar-refractivity contribution in [1.29, 1.82) is 0 Å². The number of carbonyl (C=O) groups is 3. The molecule has 1 unspecified atom stereocenters. The highest BCUT2D eigenvalue weighted by molar-refractivity contribution is 6.04. The molecule has 1 rings (SSSR count). The van der Waals surface area contributed by atoms with Crippen LogP contribution in [0.1, 0.15) is 6.42 Å². The first kappa shape index (κ1) is 17.3. The zero-order valence-corrected chi connectivity index (χ0v) is 9.94. The summed E-state index contributed by atoms with van der Waals surface area (Å²) in [6.45, 7) is 0.589. The standard InChI is InChI=1S/C7H12N2O3.C2HF3O2/c1-12-5-4-6(10)9(3-2-8)7(5)11;3-2(4,5)1(6)7/h5H,2-4,8H2,1H3;(H,6,7). The molecule has 0 aromatic carbocycles. The number of imide groups is 1. The second-order valence-corrected chi connectivity index (χ2v) is 3.40. The molecule has 0 bridgehead atoms. The number of amides is 2. The van der Waals surface area contributed by atoms with Gasteiger partial charge in [-0.3, -0.25) is 14.5 Å². The summed E-state index contributed by atoms with van der Waals surface area (Å²) >= 11 is 0. The van der Waals surface area contributed by atoms with E-state index in [1.807, 2.05) is 0 Å². The third-order valence-electron chi connectivity index (χ3n) is 2.08. The van der Waals surface area contributed by atoms with Crippen LogP contribution in [-0.2, 0) is 19.1 Å². The number of carboxylic acid groups (broad SMARTS) is 1. The van der Waals surface area contributed by atoms with Crippen molar-refractivity contribution in [3.63, 3.8) is 0 Å². The highest BCUT2D eigenvalue weighted by atomic mass is 19.4. The fourth-order valence-electron chi connectivity index (χ4n) is 1.20. The van der Waals surface area contributed by atoms with Gasteiger partial charge in [0.2, 0.25) is 5.91 Å². The van der Waals surface area contributed by atoms with E-state index < -0.39 is 18.2 Å². The average molecular weight is 286 g/mol. The summed E-state index contributed by atoms with van der Waals surface area (Å²) in [5, 5.41) is 7.12. The first-order chi connectivity index (χ1) is 8.65. The van der Waals surface area contributed by atoms with Gasteiger partial charge in [-0.25, -0.2) is 4.79 Å². The van der Waals surface area contributed by atoms with Crippen LogP contribution in [0.4, 0.5) is 13.2 Å². The molecule has 0 radical (unpaired) electrons. The third kappa shape index (κ3) is 5.22. The van der Waals surface area contributed by atoms with Gasteiger partial charge < -0.3 is 15.6 Å². The fourth-order valence-corrected chi connectivity index (χ4v) is 1.20. The average Bonchev–Trinajstić information content (AvgIpc) is 2.56. The zero-order valence-electron chi connectivity index (χ0n) is 9.94. The lowest BCUT2D eigenvalue weighted by molar-refractivity contribution is -0.192. The van der Waals surface area contributed by atoms with Crippen LogP contribution in [0, 0.1) is 0 Å². The zero-order chi connectivity index (χ0) is 15.2. The lowest BCUT2D eigenvalue weighted by Crippen LogP contribution is -2.36. The molecule has 1 fully saturated rings. The van der Waals surface area contributed by atoms with Crippen LogP contribution in [0.5, 0.6) is 0 Å². The van der Waals surface area contributed by atoms with Gasteiger partial charge in [-0.2, -0.15) is 13.2 Å². The van der Waals surface area contributed by atoms with Crippen molar-refractivity contribution in [3.05, 3.63) is 0 Å². The summed E-state index contributed by atoms with van der Waals surface area (Å²) < 4.78 is 36.6. The van der Waals surface area contributed by atoms with E-state index in [0.29, 0.717) is 6.54 Å². The molecule has 1 aliphatic heterocycles. The van der Waals surface area contributed by atoms with Gasteiger partial charge in [0.15, 0.2) is 0 Å². The topological polar surface area (TPSA) is 110 Å². The van der Waals surface area contributed by atoms with Crippen molar-refractivity contribution in [2.45, 2.75) is 18.7 Å². The van der Waals surface area contributed by atoms with Crippen LogP contribution in [0.15, 0.2) is 0 Å². The molecule has 0 aromatic rings. The van der Waals surface area contributed by atoms with E-state index in [9.17, 15) is 22.8 Å². The van der Waals surface area contributed by atoms with Crippen molar-refractivity contribution in [3.8, 4) is 0 Å². The number of halogens is 3. The molecule has 2 amide bonds. The number of likely N-dealkylation sites (tertiary alicyclic amines) is 1. The minimum Gasteiger partial charge on any atom is -0.475 e. The number of nitrogens with two attached hydrogens (primary N) is 1. The second kappa shape index (κ2) is 7.04. The van der Waals surface area contributed by atoms with Crippen LogP contribution in [0.25, 0.3) is 0 Å². The van der Waals surface area contributed by atoms with Gasteiger partial charge in [0, 0.05) is 20.2 Å². The molecule has 19 heavy (non-hydrogen) atoms. The van der Waals surface area contributed by atoms with Crippen molar-refractivity contribution < 1.29 is 37.4 Å². The maximum Gasteiger partial charge on any atom is 0.490 e. The Hall–Kier alpha value is -1.68. The van der Waals surface area contributed by atoms with Gasteiger partial charge in [-0.05, 0) is 0 Å². The highest BCUT2D eigenvalue weighted by Gasteiger charge is 2.38. The van der Waals surface area contributed by atoms with Crippen molar-refractivity contribution >= 4 is 17.8 Å². The highest BCUT2D eigenvalue weighted by Crippen LogP contribution is 2.14. The van der Waals surface area contributed by atoms with E-state index in [1.54, 1.807) is 0 Å². The van der Waals surface area contributed by atoms with Crippen LogP contribution in [0.3, 0.4) is 0 Å². The fraction of sp³-hybridized carbons (Fsp3) is 0.667. The first-order valence-corrected chi connectivity index (χ1v) is 5.02. The van der Waals surface area contributed by atoms with E-state index in [4.69, 9.17) is 20.4 Å². The molecule has 3 N–H and O–H groups in total. The molecule has 10 heteroatoms. The molecule has 0 saturated carbocycles. The number of rotatable bonds is 3. The van der Waals surface area contributed by atoms with E-state index in [0.717, 1.165) is 4.90 Å². The summed E-state index contributed by atoms with van der Waals surface area (Å²) in [6.07, 6.45) is -5.53. The molecule has 1 saturated heterocycles. The van der Waals surface area contributed by atoms with Gasteiger partial charge in [0.1, 0.15) is 6.10 Å². The van der Waals surface area contributed by atoms with Crippen molar-refractivity contribution in [2.24, 2.45) is 5.73 Å². The molecular formula is C9H13F3N2O5. The SMILES string of the molecule is COC1CC(=O)N(CCN)C1=O.O=C(O)C(F)(F)F. The molecule has 1 aliphatic rings. The summed E-state index contributed by atoms with van der Waals surface area (Å²) in [6, 6.07) is 0. The number of ether oxygens (including phenoxy) is 1. The molecule has 1 atom stereocenters. The Morgan fingerprint density at radius 3 is 2.26 bits per heavy atom. The van der Waals surface area contributed by atoms with E-state index in [-0.39, 0.29) is 24.8 Å². The monoisotopic (exact) mass is 286 g/mol. The third-order valence-corrected chi connectivity index (χ3v) is 2.08. The van der Waals surface area contributed by atoms with Gasteiger partial charge in [-0.1, -0.05) is 0 Å².